The predicted octanol–water partition coefficient (Wildman–Crippen LogP) is 12.7. The normalized spacial score (nSPS) is 11.6. The van der Waals surface area contributed by atoms with Crippen LogP contribution in [0.4, 0.5) is 0 Å². The minimum absolute atomic E-state index is 0.629. The van der Waals surface area contributed by atoms with E-state index >= 15 is 0 Å². The van der Waals surface area contributed by atoms with E-state index in [9.17, 15) is 0 Å². The second kappa shape index (κ2) is 13.0. The summed E-state index contributed by atoms with van der Waals surface area (Å²) in [4.78, 5) is 15.3. The number of para-hydroxylation sites is 4. The molecule has 3 heterocycles. The molecule has 8 aromatic carbocycles. The molecule has 11 aromatic rings. The number of rotatable bonds is 6. The monoisotopic (exact) mass is 715 g/mol. The largest absolute Gasteiger partial charge is 0.309 e. The maximum atomic E-state index is 5.16. The van der Waals surface area contributed by atoms with E-state index in [1.165, 1.54) is 27.2 Å². The Balaban J connectivity index is 1.01. The zero-order valence-electron chi connectivity index (χ0n) is 30.3. The first-order valence-electron chi connectivity index (χ1n) is 18.9. The molecule has 0 fully saturated rings. The van der Waals surface area contributed by atoms with Crippen LogP contribution in [-0.2, 0) is 0 Å². The van der Waals surface area contributed by atoms with Gasteiger partial charge in [0.1, 0.15) is 0 Å². The van der Waals surface area contributed by atoms with Crippen LogP contribution in [0, 0.1) is 0 Å². The molecule has 11 rings (SSSR count). The van der Waals surface area contributed by atoms with Crippen molar-refractivity contribution in [2.75, 3.05) is 0 Å². The average molecular weight is 716 g/mol. The van der Waals surface area contributed by atoms with Crippen molar-refractivity contribution in [2.45, 2.75) is 0 Å². The van der Waals surface area contributed by atoms with Crippen LogP contribution >= 0.6 is 0 Å². The molecular weight excluding hydrogens is 683 g/mol. The molecule has 0 amide bonds. The summed E-state index contributed by atoms with van der Waals surface area (Å²) in [6.07, 6.45) is 0. The Morgan fingerprint density at radius 1 is 0.250 bits per heavy atom. The summed E-state index contributed by atoms with van der Waals surface area (Å²) >= 11 is 0. The minimum Gasteiger partial charge on any atom is -0.309 e. The van der Waals surface area contributed by atoms with Crippen LogP contribution in [0.2, 0.25) is 0 Å². The molecule has 0 saturated heterocycles. The van der Waals surface area contributed by atoms with Crippen LogP contribution in [0.5, 0.6) is 0 Å². The first-order valence-corrected chi connectivity index (χ1v) is 18.9. The highest BCUT2D eigenvalue weighted by atomic mass is 15.0. The number of benzene rings is 8. The zero-order valence-corrected chi connectivity index (χ0v) is 30.3. The first-order chi connectivity index (χ1) is 27.8. The lowest BCUT2D eigenvalue weighted by atomic mass is 10.0. The van der Waals surface area contributed by atoms with Gasteiger partial charge in [0.2, 0.25) is 0 Å². The third-order valence-corrected chi connectivity index (χ3v) is 10.8. The fourth-order valence-electron chi connectivity index (χ4n) is 8.16. The highest BCUT2D eigenvalue weighted by Crippen LogP contribution is 2.36. The molecule has 0 aliphatic rings. The molecule has 262 valence electrons. The molecule has 56 heavy (non-hydrogen) atoms. The lowest BCUT2D eigenvalue weighted by Gasteiger charge is -2.11. The molecule has 0 radical (unpaired) electrons. The lowest BCUT2D eigenvalue weighted by molar-refractivity contribution is 1.07. The number of hydrogen-bond acceptors (Lipinski definition) is 3. The van der Waals surface area contributed by atoms with Crippen molar-refractivity contribution >= 4 is 43.6 Å². The van der Waals surface area contributed by atoms with Gasteiger partial charge in [0.25, 0.3) is 0 Å². The summed E-state index contributed by atoms with van der Waals surface area (Å²) in [6.45, 7) is 0. The molecule has 0 bridgehead atoms. The van der Waals surface area contributed by atoms with Gasteiger partial charge in [-0.3, -0.25) is 0 Å². The van der Waals surface area contributed by atoms with Gasteiger partial charge in [0.15, 0.2) is 17.5 Å². The maximum Gasteiger partial charge on any atom is 0.164 e. The van der Waals surface area contributed by atoms with Gasteiger partial charge in [0.05, 0.1) is 22.1 Å². The Kier molecular flexibility index (Phi) is 7.42. The number of aromatic nitrogens is 5. The van der Waals surface area contributed by atoms with E-state index < -0.39 is 0 Å². The molecule has 0 aliphatic carbocycles. The fourth-order valence-corrected chi connectivity index (χ4v) is 8.16. The lowest BCUT2D eigenvalue weighted by Crippen LogP contribution is -2.00. The van der Waals surface area contributed by atoms with Gasteiger partial charge >= 0.3 is 0 Å². The number of fused-ring (bicyclic) bond motifs is 6. The molecule has 0 aliphatic heterocycles. The summed E-state index contributed by atoms with van der Waals surface area (Å²) in [7, 11) is 0. The first kappa shape index (κ1) is 31.9. The average Bonchev–Trinajstić information content (AvgIpc) is 3.80. The predicted molar refractivity (Wildman–Crippen MR) is 230 cm³/mol. The van der Waals surface area contributed by atoms with Crippen molar-refractivity contribution in [1.29, 1.82) is 0 Å². The Bertz CT molecular complexity index is 3180. The van der Waals surface area contributed by atoms with Gasteiger partial charge < -0.3 is 9.13 Å². The maximum absolute atomic E-state index is 5.16. The van der Waals surface area contributed by atoms with E-state index in [4.69, 9.17) is 15.0 Å². The Morgan fingerprint density at radius 2 is 0.661 bits per heavy atom. The molecule has 3 aromatic heterocycles. The summed E-state index contributed by atoms with van der Waals surface area (Å²) in [6, 6.07) is 70.3. The SMILES string of the molecule is c1ccc(-c2nc(-c3cccc(-c4ccc(-n5c6ccccc6c6ccccc65)cc4)c3)nc(-c3ccc4c(c3)c3ccccc3n4-c3ccccc3)n2)cc1. The minimum atomic E-state index is 0.629. The Hall–Kier alpha value is -7.63. The summed E-state index contributed by atoms with van der Waals surface area (Å²) in [5.74, 6) is 1.90. The van der Waals surface area contributed by atoms with Gasteiger partial charge in [-0.1, -0.05) is 133 Å². The molecule has 0 unspecified atom stereocenters. The molecule has 5 heteroatoms. The fraction of sp³-hybridized carbons (Fsp3) is 0. The van der Waals surface area contributed by atoms with Gasteiger partial charge in [-0.05, 0) is 77.9 Å². The Morgan fingerprint density at radius 3 is 1.27 bits per heavy atom. The number of nitrogens with zero attached hydrogens (tertiary/aromatic N) is 5. The van der Waals surface area contributed by atoms with E-state index in [1.54, 1.807) is 0 Å². The van der Waals surface area contributed by atoms with Crippen LogP contribution < -0.4 is 0 Å². The van der Waals surface area contributed by atoms with E-state index in [-0.39, 0.29) is 0 Å². The highest BCUT2D eigenvalue weighted by Gasteiger charge is 2.17. The van der Waals surface area contributed by atoms with E-state index in [1.807, 2.05) is 18.2 Å². The summed E-state index contributed by atoms with van der Waals surface area (Å²) in [5.41, 5.74) is 12.0. The molecule has 0 spiro atoms. The Labute approximate surface area is 323 Å². The van der Waals surface area contributed by atoms with E-state index in [0.29, 0.717) is 17.5 Å². The smallest absolute Gasteiger partial charge is 0.164 e. The van der Waals surface area contributed by atoms with Crippen molar-refractivity contribution in [3.63, 3.8) is 0 Å². The number of hydrogen-bond donors (Lipinski definition) is 0. The molecule has 0 N–H and O–H groups in total. The highest BCUT2D eigenvalue weighted by molar-refractivity contribution is 6.11. The van der Waals surface area contributed by atoms with Gasteiger partial charge in [0, 0.05) is 49.6 Å². The molecule has 0 saturated carbocycles. The van der Waals surface area contributed by atoms with Crippen LogP contribution in [0.25, 0.3) is 100 Å². The quantitative estimate of drug-likeness (QED) is 0.172. The van der Waals surface area contributed by atoms with Crippen molar-refractivity contribution < 1.29 is 0 Å². The summed E-state index contributed by atoms with van der Waals surface area (Å²) < 4.78 is 4.67. The van der Waals surface area contributed by atoms with E-state index in [0.717, 1.165) is 55.6 Å². The van der Waals surface area contributed by atoms with Gasteiger partial charge in [-0.25, -0.2) is 15.0 Å². The third-order valence-electron chi connectivity index (χ3n) is 10.8. The van der Waals surface area contributed by atoms with Crippen molar-refractivity contribution in [1.82, 2.24) is 24.1 Å². The molecular formula is C51H33N5. The van der Waals surface area contributed by atoms with Crippen LogP contribution in [0.1, 0.15) is 0 Å². The standard InChI is InChI=1S/C51H33N5/c1-3-14-35(15-4-1)49-52-50(54-51(53-49)38-28-31-48-44(33-38)43-22-9-12-25-47(43)55(48)39-18-5-2-6-19-39)37-17-13-16-36(32-37)34-26-29-40(30-27-34)56-45-23-10-7-20-41(45)42-21-8-11-24-46(42)56/h1-33H. The van der Waals surface area contributed by atoms with Crippen molar-refractivity contribution in [3.8, 4) is 56.7 Å². The zero-order chi connectivity index (χ0) is 37.0. The second-order valence-corrected chi connectivity index (χ2v) is 14.1. The van der Waals surface area contributed by atoms with Gasteiger partial charge in [-0.15, -0.1) is 0 Å². The molecule has 5 nitrogen and oxygen atoms in total. The molecule has 0 atom stereocenters. The summed E-state index contributed by atoms with van der Waals surface area (Å²) in [5, 5.41) is 4.84. The van der Waals surface area contributed by atoms with E-state index in [2.05, 4.69) is 191 Å². The van der Waals surface area contributed by atoms with Crippen LogP contribution in [0.15, 0.2) is 200 Å². The van der Waals surface area contributed by atoms with Crippen LogP contribution in [0.3, 0.4) is 0 Å². The second-order valence-electron chi connectivity index (χ2n) is 14.1. The van der Waals surface area contributed by atoms with Crippen molar-refractivity contribution in [2.24, 2.45) is 0 Å². The van der Waals surface area contributed by atoms with Gasteiger partial charge in [-0.2, -0.15) is 0 Å². The third kappa shape index (κ3) is 5.29. The van der Waals surface area contributed by atoms with Crippen molar-refractivity contribution in [3.05, 3.63) is 200 Å². The van der Waals surface area contributed by atoms with Crippen LogP contribution in [-0.4, -0.2) is 24.1 Å². The topological polar surface area (TPSA) is 48.5 Å².